The number of nitrogens with one attached hydrogen (secondary N) is 1. The van der Waals surface area contributed by atoms with Crippen molar-refractivity contribution in [3.8, 4) is 0 Å². The second kappa shape index (κ2) is 4.79. The highest BCUT2D eigenvalue weighted by atomic mass is 32.2. The van der Waals surface area contributed by atoms with E-state index in [1.54, 1.807) is 0 Å². The summed E-state index contributed by atoms with van der Waals surface area (Å²) in [5.41, 5.74) is 0. The number of urea groups is 1. The third kappa shape index (κ3) is 2.81. The van der Waals surface area contributed by atoms with Gasteiger partial charge in [-0.25, -0.2) is 17.5 Å². The number of hydrogen-bond acceptors (Lipinski definition) is 4. The Morgan fingerprint density at radius 3 is 2.60 bits per heavy atom. The van der Waals surface area contributed by atoms with Crippen molar-refractivity contribution in [1.82, 2.24) is 14.5 Å². The first-order valence-electron chi connectivity index (χ1n) is 5.74. The van der Waals surface area contributed by atoms with Crippen molar-refractivity contribution in [3.63, 3.8) is 0 Å². The van der Waals surface area contributed by atoms with Crippen LogP contribution in [0.2, 0.25) is 0 Å². The summed E-state index contributed by atoms with van der Waals surface area (Å²) in [6.45, 7) is 0.176. The molecule has 2 aliphatic rings. The topological polar surface area (TPSA) is 86.8 Å². The fraction of sp³-hybridized carbons (Fsp3) is 0.778. The van der Waals surface area contributed by atoms with Gasteiger partial charge in [-0.1, -0.05) is 0 Å². The molecule has 2 atom stereocenters. The van der Waals surface area contributed by atoms with E-state index in [1.807, 2.05) is 0 Å². The summed E-state index contributed by atoms with van der Waals surface area (Å²) in [7, 11) is -4.86. The zero-order valence-corrected chi connectivity index (χ0v) is 10.9. The van der Waals surface area contributed by atoms with Crippen LogP contribution in [-0.2, 0) is 14.8 Å². The highest BCUT2D eigenvalue weighted by Gasteiger charge is 2.46. The monoisotopic (exact) mass is 315 g/mol. The molecule has 2 saturated heterocycles. The van der Waals surface area contributed by atoms with E-state index in [4.69, 9.17) is 0 Å². The van der Waals surface area contributed by atoms with E-state index in [2.05, 4.69) is 5.32 Å². The molecule has 0 unspecified atom stereocenters. The molecule has 0 spiro atoms. The van der Waals surface area contributed by atoms with E-state index in [0.717, 1.165) is 4.90 Å². The molecule has 114 valence electrons. The first kappa shape index (κ1) is 14.9. The van der Waals surface area contributed by atoms with Crippen LogP contribution in [0.15, 0.2) is 0 Å². The van der Waals surface area contributed by atoms with Crippen LogP contribution in [0.5, 0.6) is 0 Å². The number of hydrogen-bond donors (Lipinski definition) is 1. The number of sulfonamides is 1. The molecular weight excluding hydrogens is 303 g/mol. The fourth-order valence-electron chi connectivity index (χ4n) is 2.42. The van der Waals surface area contributed by atoms with Gasteiger partial charge in [0.2, 0.25) is 16.4 Å². The number of nitrogens with zero attached hydrogens (tertiary/aromatic N) is 2. The van der Waals surface area contributed by atoms with Crippen LogP contribution in [0.4, 0.5) is 18.0 Å². The molecule has 0 aliphatic carbocycles. The maximum atomic E-state index is 12.3. The summed E-state index contributed by atoms with van der Waals surface area (Å²) in [6, 6.07) is -0.732. The molecular formula is C9H12F3N3O4S. The lowest BCUT2D eigenvalue weighted by Gasteiger charge is -2.36. The largest absolute Gasteiger partial charge is 0.404 e. The van der Waals surface area contributed by atoms with E-state index in [0.29, 0.717) is 6.42 Å². The number of amides is 3. The number of rotatable bonds is 4. The Balaban J connectivity index is 2.24. The molecule has 0 aromatic heterocycles. The molecule has 7 nitrogen and oxygen atoms in total. The zero-order chi connectivity index (χ0) is 15.1. The molecule has 0 radical (unpaired) electrons. The Bertz CT molecular complexity index is 521. The molecule has 20 heavy (non-hydrogen) atoms. The fourth-order valence-corrected chi connectivity index (χ4v) is 3.70. The molecule has 2 bridgehead atoms. The van der Waals surface area contributed by atoms with Gasteiger partial charge in [0, 0.05) is 12.6 Å². The highest BCUT2D eigenvalue weighted by molar-refractivity contribution is 7.89. The molecule has 3 amide bonds. The average Bonchev–Trinajstić information content (AvgIpc) is 2.55. The quantitative estimate of drug-likeness (QED) is 0.731. The molecule has 0 saturated carbocycles. The van der Waals surface area contributed by atoms with Crippen LogP contribution >= 0.6 is 0 Å². The van der Waals surface area contributed by atoms with Gasteiger partial charge in [0.15, 0.2) is 5.75 Å². The SMILES string of the molecule is O=CN([C@H]1CC[C@@H]2CN1C(=O)N2)S(=O)(=O)CC(F)(F)F. The van der Waals surface area contributed by atoms with Crippen LogP contribution in [0, 0.1) is 0 Å². The van der Waals surface area contributed by atoms with Crippen molar-refractivity contribution >= 4 is 22.5 Å². The molecule has 2 rings (SSSR count). The minimum Gasteiger partial charge on any atom is -0.333 e. The van der Waals surface area contributed by atoms with Crippen LogP contribution in [0.3, 0.4) is 0 Å². The highest BCUT2D eigenvalue weighted by Crippen LogP contribution is 2.28. The maximum absolute atomic E-state index is 12.3. The van der Waals surface area contributed by atoms with Crippen LogP contribution in [-0.4, -0.2) is 60.7 Å². The summed E-state index contributed by atoms with van der Waals surface area (Å²) in [5, 5.41) is 2.55. The smallest absolute Gasteiger partial charge is 0.333 e. The minimum atomic E-state index is -4.95. The van der Waals surface area contributed by atoms with Gasteiger partial charge in [-0.05, 0) is 12.8 Å². The first-order chi connectivity index (χ1) is 9.14. The Morgan fingerprint density at radius 1 is 1.40 bits per heavy atom. The number of carbonyl (C=O) groups excluding carboxylic acids is 2. The minimum absolute atomic E-state index is 0.0988. The first-order valence-corrected chi connectivity index (χ1v) is 7.35. The molecule has 0 aromatic rings. The lowest BCUT2D eigenvalue weighted by atomic mass is 10.1. The van der Waals surface area contributed by atoms with Gasteiger partial charge in [-0.3, -0.25) is 4.79 Å². The van der Waals surface area contributed by atoms with Gasteiger partial charge in [0.05, 0.1) is 0 Å². The summed E-state index contributed by atoms with van der Waals surface area (Å²) in [5.74, 6) is -2.13. The van der Waals surface area contributed by atoms with Crippen molar-refractivity contribution in [2.45, 2.75) is 31.2 Å². The van der Waals surface area contributed by atoms with E-state index >= 15 is 0 Å². The van der Waals surface area contributed by atoms with Gasteiger partial charge >= 0.3 is 12.2 Å². The van der Waals surface area contributed by atoms with Gasteiger partial charge < -0.3 is 10.2 Å². The number of halogens is 3. The second-order valence-corrected chi connectivity index (χ2v) is 6.54. The number of piperidine rings is 1. The Kier molecular flexibility index (Phi) is 3.56. The van der Waals surface area contributed by atoms with Crippen molar-refractivity contribution in [2.24, 2.45) is 0 Å². The van der Waals surface area contributed by atoms with E-state index < -0.39 is 34.1 Å². The average molecular weight is 315 g/mol. The number of alkyl halides is 3. The number of fused-ring (bicyclic) bond motifs is 2. The van der Waals surface area contributed by atoms with Gasteiger partial charge in [-0.15, -0.1) is 0 Å². The molecule has 11 heteroatoms. The van der Waals surface area contributed by atoms with Gasteiger partial charge in [0.25, 0.3) is 0 Å². The normalized spacial score (nSPS) is 26.4. The standard InChI is InChI=1S/C9H12F3N3O4S/c10-9(11,12)4-20(18,19)15(5-16)7-2-1-6-3-14(7)8(17)13-6/h5-7H,1-4H2,(H,13,17)/t6-,7+/m1/s1. The van der Waals surface area contributed by atoms with E-state index in [-0.39, 0.29) is 29.7 Å². The molecule has 0 aromatic carbocycles. The third-order valence-electron chi connectivity index (χ3n) is 3.20. The lowest BCUT2D eigenvalue weighted by Crippen LogP contribution is -2.54. The van der Waals surface area contributed by atoms with Crippen molar-refractivity contribution < 1.29 is 31.2 Å². The van der Waals surface area contributed by atoms with Crippen molar-refractivity contribution in [2.75, 3.05) is 12.3 Å². The molecule has 2 heterocycles. The van der Waals surface area contributed by atoms with E-state index in [9.17, 15) is 31.2 Å². The molecule has 2 fully saturated rings. The summed E-state index contributed by atoms with van der Waals surface area (Å²) >= 11 is 0. The van der Waals surface area contributed by atoms with Crippen LogP contribution < -0.4 is 5.32 Å². The Morgan fingerprint density at radius 2 is 2.05 bits per heavy atom. The molecule has 2 aliphatic heterocycles. The molecule has 1 N–H and O–H groups in total. The summed E-state index contributed by atoms with van der Waals surface area (Å²) < 4.78 is 60.2. The van der Waals surface area contributed by atoms with Crippen molar-refractivity contribution in [1.29, 1.82) is 0 Å². The van der Waals surface area contributed by atoms with Crippen LogP contribution in [0.1, 0.15) is 12.8 Å². The van der Waals surface area contributed by atoms with Crippen molar-refractivity contribution in [3.05, 3.63) is 0 Å². The third-order valence-corrected chi connectivity index (χ3v) is 4.87. The second-order valence-electron chi connectivity index (χ2n) is 4.66. The Hall–Kier alpha value is -1.52. The number of carbonyl (C=O) groups is 2. The lowest BCUT2D eigenvalue weighted by molar-refractivity contribution is -0.118. The van der Waals surface area contributed by atoms with E-state index in [1.165, 1.54) is 0 Å². The summed E-state index contributed by atoms with van der Waals surface area (Å²) in [6.07, 6.45) is -5.81. The zero-order valence-electron chi connectivity index (χ0n) is 10.1. The maximum Gasteiger partial charge on any atom is 0.404 e. The Labute approximate surface area is 112 Å². The van der Waals surface area contributed by atoms with Gasteiger partial charge in [-0.2, -0.15) is 13.2 Å². The predicted molar refractivity (Wildman–Crippen MR) is 59.8 cm³/mol. The summed E-state index contributed by atoms with van der Waals surface area (Å²) in [4.78, 5) is 23.6. The predicted octanol–water partition coefficient (Wildman–Crippen LogP) is -0.149. The van der Waals surface area contributed by atoms with Gasteiger partial charge in [0.1, 0.15) is 6.17 Å². The van der Waals surface area contributed by atoms with Crippen LogP contribution in [0.25, 0.3) is 0 Å².